The normalized spacial score (nSPS) is 16.6. The molecule has 1 saturated heterocycles. The van der Waals surface area contributed by atoms with Gasteiger partial charge >= 0.3 is 0 Å². The first-order valence-corrected chi connectivity index (χ1v) is 13.7. The van der Waals surface area contributed by atoms with E-state index < -0.39 is 0 Å². The van der Waals surface area contributed by atoms with E-state index in [0.717, 1.165) is 64.9 Å². The molecule has 6 nitrogen and oxygen atoms in total. The SMILES string of the molecule is O=C1N=C(N2CCCCC2)SC1=Cc1cn(-c2ccccc2)nc1-c1ccc(OCc2ccccc2)cc1. The molecular formula is C31H28N4O2S. The molecular weight excluding hydrogens is 492 g/mol. The van der Waals surface area contributed by atoms with Gasteiger partial charge in [0.25, 0.3) is 5.91 Å². The van der Waals surface area contributed by atoms with Gasteiger partial charge in [0.05, 0.1) is 16.3 Å². The van der Waals surface area contributed by atoms with Crippen LogP contribution in [0.1, 0.15) is 30.4 Å². The maximum atomic E-state index is 12.8. The highest BCUT2D eigenvalue weighted by atomic mass is 32.2. The van der Waals surface area contributed by atoms with E-state index in [-0.39, 0.29) is 5.91 Å². The maximum absolute atomic E-state index is 12.8. The van der Waals surface area contributed by atoms with Crippen molar-refractivity contribution in [3.05, 3.63) is 107 Å². The first kappa shape index (κ1) is 24.2. The Labute approximate surface area is 226 Å². The van der Waals surface area contributed by atoms with E-state index in [4.69, 9.17) is 9.84 Å². The summed E-state index contributed by atoms with van der Waals surface area (Å²) in [6.07, 6.45) is 7.43. The molecule has 0 saturated carbocycles. The van der Waals surface area contributed by atoms with E-state index in [2.05, 4.69) is 9.89 Å². The lowest BCUT2D eigenvalue weighted by atomic mass is 10.1. The molecule has 2 aliphatic heterocycles. The Morgan fingerprint density at radius 2 is 1.58 bits per heavy atom. The summed E-state index contributed by atoms with van der Waals surface area (Å²) in [6.45, 7) is 2.43. The number of hydrogen-bond acceptors (Lipinski definition) is 5. The van der Waals surface area contributed by atoms with Crippen molar-refractivity contribution >= 4 is 28.9 Å². The lowest BCUT2D eigenvalue weighted by Gasteiger charge is -2.27. The predicted octanol–water partition coefficient (Wildman–Crippen LogP) is 6.57. The molecule has 2 aliphatic rings. The molecule has 0 unspecified atom stereocenters. The summed E-state index contributed by atoms with van der Waals surface area (Å²) in [5.41, 5.74) is 4.70. The highest BCUT2D eigenvalue weighted by Gasteiger charge is 2.27. The number of ether oxygens (including phenoxy) is 1. The zero-order chi connectivity index (χ0) is 25.7. The molecule has 0 N–H and O–H groups in total. The Bertz CT molecular complexity index is 1470. The van der Waals surface area contributed by atoms with Gasteiger partial charge in [0.15, 0.2) is 5.17 Å². The van der Waals surface area contributed by atoms with Crippen molar-refractivity contribution in [3.8, 4) is 22.7 Å². The summed E-state index contributed by atoms with van der Waals surface area (Å²) >= 11 is 1.47. The van der Waals surface area contributed by atoms with Gasteiger partial charge in [-0.05, 0) is 79.1 Å². The van der Waals surface area contributed by atoms with E-state index in [9.17, 15) is 4.79 Å². The number of para-hydroxylation sites is 1. The van der Waals surface area contributed by atoms with Gasteiger partial charge in [0, 0.05) is 30.4 Å². The van der Waals surface area contributed by atoms with Gasteiger partial charge in [0.2, 0.25) is 0 Å². The molecule has 190 valence electrons. The second-order valence-electron chi connectivity index (χ2n) is 9.37. The van der Waals surface area contributed by atoms with Crippen molar-refractivity contribution in [3.63, 3.8) is 0 Å². The number of piperidine rings is 1. The molecule has 6 rings (SSSR count). The Balaban J connectivity index is 1.28. The van der Waals surface area contributed by atoms with Crippen LogP contribution in [0.4, 0.5) is 0 Å². The minimum atomic E-state index is -0.182. The van der Waals surface area contributed by atoms with Crippen LogP contribution in [0, 0.1) is 0 Å². The molecule has 0 atom stereocenters. The number of benzene rings is 3. The van der Waals surface area contributed by atoms with Crippen molar-refractivity contribution in [1.82, 2.24) is 14.7 Å². The zero-order valence-electron chi connectivity index (χ0n) is 21.0. The van der Waals surface area contributed by atoms with Gasteiger partial charge in [-0.15, -0.1) is 0 Å². The number of likely N-dealkylation sites (tertiary alicyclic amines) is 1. The first-order valence-electron chi connectivity index (χ1n) is 12.9. The van der Waals surface area contributed by atoms with E-state index in [1.807, 2.05) is 102 Å². The molecule has 3 aromatic carbocycles. The number of amides is 1. The number of carbonyl (C=O) groups is 1. The summed E-state index contributed by atoms with van der Waals surface area (Å²) in [4.78, 5) is 20.1. The average Bonchev–Trinajstić information content (AvgIpc) is 3.57. The van der Waals surface area contributed by atoms with Gasteiger partial charge in [-0.2, -0.15) is 10.1 Å². The number of amidine groups is 1. The third kappa shape index (κ3) is 5.43. The highest BCUT2D eigenvalue weighted by molar-refractivity contribution is 8.18. The van der Waals surface area contributed by atoms with Crippen molar-refractivity contribution in [1.29, 1.82) is 0 Å². The van der Waals surface area contributed by atoms with Crippen molar-refractivity contribution in [2.24, 2.45) is 4.99 Å². The third-order valence-electron chi connectivity index (χ3n) is 6.66. The van der Waals surface area contributed by atoms with Crippen LogP contribution in [-0.2, 0) is 11.4 Å². The quantitative estimate of drug-likeness (QED) is 0.269. The second kappa shape index (κ2) is 11.1. The fraction of sp³-hybridized carbons (Fsp3) is 0.194. The lowest BCUT2D eigenvalue weighted by Crippen LogP contribution is -2.33. The van der Waals surface area contributed by atoms with E-state index >= 15 is 0 Å². The number of thioether (sulfide) groups is 1. The van der Waals surface area contributed by atoms with Gasteiger partial charge in [-0.3, -0.25) is 4.79 Å². The molecule has 4 aromatic rings. The number of aromatic nitrogens is 2. The molecule has 38 heavy (non-hydrogen) atoms. The lowest BCUT2D eigenvalue weighted by molar-refractivity contribution is -0.113. The summed E-state index contributed by atoms with van der Waals surface area (Å²) in [6, 6.07) is 28.1. The van der Waals surface area contributed by atoms with Crippen molar-refractivity contribution in [2.75, 3.05) is 13.1 Å². The van der Waals surface area contributed by atoms with Crippen LogP contribution in [0.5, 0.6) is 5.75 Å². The maximum Gasteiger partial charge on any atom is 0.286 e. The molecule has 3 heterocycles. The monoisotopic (exact) mass is 520 g/mol. The molecule has 1 amide bonds. The Hall–Kier alpha value is -4.10. The van der Waals surface area contributed by atoms with Crippen molar-refractivity contribution < 1.29 is 9.53 Å². The van der Waals surface area contributed by atoms with Gasteiger partial charge < -0.3 is 9.64 Å². The zero-order valence-corrected chi connectivity index (χ0v) is 21.8. The summed E-state index contributed by atoms with van der Waals surface area (Å²) in [5.74, 6) is 0.611. The Kier molecular flexibility index (Phi) is 7.09. The molecule has 7 heteroatoms. The number of nitrogens with zero attached hydrogens (tertiary/aromatic N) is 4. The van der Waals surface area contributed by atoms with E-state index in [0.29, 0.717) is 11.5 Å². The fourth-order valence-corrected chi connectivity index (χ4v) is 5.60. The summed E-state index contributed by atoms with van der Waals surface area (Å²) < 4.78 is 7.83. The van der Waals surface area contributed by atoms with E-state index in [1.165, 1.54) is 18.2 Å². The van der Waals surface area contributed by atoms with Crippen LogP contribution in [0.25, 0.3) is 23.0 Å². The van der Waals surface area contributed by atoms with Crippen LogP contribution in [-0.4, -0.2) is 38.8 Å². The average molecular weight is 521 g/mol. The fourth-order valence-electron chi connectivity index (χ4n) is 4.64. The predicted molar refractivity (Wildman–Crippen MR) is 153 cm³/mol. The third-order valence-corrected chi connectivity index (χ3v) is 7.71. The largest absolute Gasteiger partial charge is 0.489 e. The molecule has 0 radical (unpaired) electrons. The Morgan fingerprint density at radius 3 is 2.32 bits per heavy atom. The molecule has 0 spiro atoms. The first-order chi connectivity index (χ1) is 18.7. The van der Waals surface area contributed by atoms with E-state index in [1.54, 1.807) is 0 Å². The summed E-state index contributed by atoms with van der Waals surface area (Å²) in [7, 11) is 0. The van der Waals surface area contributed by atoms with Crippen LogP contribution in [0.3, 0.4) is 0 Å². The number of rotatable bonds is 6. The Morgan fingerprint density at radius 1 is 0.868 bits per heavy atom. The van der Waals surface area contributed by atoms with Crippen molar-refractivity contribution in [2.45, 2.75) is 25.9 Å². The second-order valence-corrected chi connectivity index (χ2v) is 10.4. The van der Waals surface area contributed by atoms with Crippen LogP contribution in [0.2, 0.25) is 0 Å². The number of aliphatic imine (C=N–C) groups is 1. The minimum absolute atomic E-state index is 0.182. The van der Waals surface area contributed by atoms with Crippen LogP contribution >= 0.6 is 11.8 Å². The van der Waals surface area contributed by atoms with Gasteiger partial charge in [0.1, 0.15) is 12.4 Å². The van der Waals surface area contributed by atoms with Crippen LogP contribution < -0.4 is 4.74 Å². The van der Waals surface area contributed by atoms with Crippen LogP contribution in [0.15, 0.2) is 101 Å². The minimum Gasteiger partial charge on any atom is -0.489 e. The molecule has 1 aromatic heterocycles. The molecule has 1 fully saturated rings. The summed E-state index contributed by atoms with van der Waals surface area (Å²) in [5, 5.41) is 5.73. The smallest absolute Gasteiger partial charge is 0.286 e. The number of carbonyl (C=O) groups excluding carboxylic acids is 1. The standard InChI is InChI=1S/C31H28N4O2S/c36-30-28(38-31(32-30)34-18-8-3-9-19-34)20-25-21-35(26-12-6-2-7-13-26)33-29(25)24-14-16-27(17-15-24)37-22-23-10-4-1-5-11-23/h1-2,4-7,10-17,20-21H,3,8-9,18-19,22H2. The molecule has 0 bridgehead atoms. The topological polar surface area (TPSA) is 59.7 Å². The van der Waals surface area contributed by atoms with Gasteiger partial charge in [-0.1, -0.05) is 48.5 Å². The molecule has 0 aliphatic carbocycles. The number of hydrogen-bond donors (Lipinski definition) is 0. The van der Waals surface area contributed by atoms with Gasteiger partial charge in [-0.25, -0.2) is 4.68 Å². The highest BCUT2D eigenvalue weighted by Crippen LogP contribution is 2.34.